The van der Waals surface area contributed by atoms with Crippen molar-refractivity contribution in [2.75, 3.05) is 0 Å². The minimum Gasteiger partial charge on any atom is -0.481 e. The molecule has 66 valence electrons. The molecule has 1 heterocycles. The van der Waals surface area contributed by atoms with Gasteiger partial charge in [0, 0.05) is 12.6 Å². The van der Waals surface area contributed by atoms with Crippen molar-refractivity contribution in [3.8, 4) is 0 Å². The summed E-state index contributed by atoms with van der Waals surface area (Å²) in [6.07, 6.45) is 4.30. The Balaban J connectivity index is 2.07. The Morgan fingerprint density at radius 3 is 3.00 bits per heavy atom. The van der Waals surface area contributed by atoms with Gasteiger partial charge >= 0.3 is 5.97 Å². The van der Waals surface area contributed by atoms with Crippen LogP contribution in [0.25, 0.3) is 0 Å². The van der Waals surface area contributed by atoms with Crippen LogP contribution in [0, 0.1) is 0 Å². The summed E-state index contributed by atoms with van der Waals surface area (Å²) in [5.74, 6) is -0.741. The van der Waals surface area contributed by atoms with E-state index in [4.69, 9.17) is 5.11 Å². The van der Waals surface area contributed by atoms with Gasteiger partial charge in [-0.3, -0.25) is 9.89 Å². The fraction of sp³-hybridized carbons (Fsp3) is 0.571. The van der Waals surface area contributed by atoms with Crippen LogP contribution in [0.15, 0.2) is 6.20 Å². The average Bonchev–Trinajstić information content (AvgIpc) is 2.49. The lowest BCUT2D eigenvalue weighted by molar-refractivity contribution is -0.137. The summed E-state index contributed by atoms with van der Waals surface area (Å²) in [7, 11) is 0. The summed E-state index contributed by atoms with van der Waals surface area (Å²) in [5.41, 5.74) is 0.889. The predicted molar refractivity (Wildman–Crippen MR) is 41.6 cm³/mol. The van der Waals surface area contributed by atoms with Gasteiger partial charge in [0.25, 0.3) is 0 Å². The summed E-state index contributed by atoms with van der Waals surface area (Å²) in [6.45, 7) is 0. The first-order valence-corrected chi connectivity index (χ1v) is 3.86. The molecule has 2 N–H and O–H groups in total. The maximum atomic E-state index is 10.1. The van der Waals surface area contributed by atoms with Crippen LogP contribution in [-0.2, 0) is 11.2 Å². The van der Waals surface area contributed by atoms with Crippen molar-refractivity contribution < 1.29 is 9.90 Å². The van der Waals surface area contributed by atoms with E-state index in [1.165, 1.54) is 0 Å². The van der Waals surface area contributed by atoms with Crippen LogP contribution in [0.5, 0.6) is 0 Å². The molecule has 0 aromatic carbocycles. The van der Waals surface area contributed by atoms with Gasteiger partial charge in [0.1, 0.15) is 0 Å². The number of nitrogens with one attached hydrogen (secondary N) is 1. The third kappa shape index (κ3) is 3.14. The maximum Gasteiger partial charge on any atom is 0.303 e. The quantitative estimate of drug-likeness (QED) is 0.632. The molecule has 0 fully saturated rings. The maximum absolute atomic E-state index is 10.1. The van der Waals surface area contributed by atoms with Crippen molar-refractivity contribution in [3.05, 3.63) is 11.9 Å². The smallest absolute Gasteiger partial charge is 0.303 e. The Bertz CT molecular complexity index is 233. The molecule has 0 amide bonds. The van der Waals surface area contributed by atoms with Crippen LogP contribution < -0.4 is 0 Å². The zero-order chi connectivity index (χ0) is 8.81. The van der Waals surface area contributed by atoms with Crippen LogP contribution >= 0.6 is 0 Å². The number of carboxylic acid groups (broad SMARTS) is 1. The molecule has 0 saturated heterocycles. The van der Waals surface area contributed by atoms with Gasteiger partial charge in [0.05, 0.1) is 5.69 Å². The molecule has 12 heavy (non-hydrogen) atoms. The van der Waals surface area contributed by atoms with E-state index in [2.05, 4.69) is 15.4 Å². The molecule has 5 nitrogen and oxygen atoms in total. The molecule has 5 heteroatoms. The van der Waals surface area contributed by atoms with Gasteiger partial charge < -0.3 is 5.11 Å². The van der Waals surface area contributed by atoms with Crippen molar-refractivity contribution in [1.29, 1.82) is 0 Å². The number of H-pyrrole nitrogens is 1. The van der Waals surface area contributed by atoms with E-state index in [-0.39, 0.29) is 6.42 Å². The number of aliphatic carboxylic acids is 1. The zero-order valence-corrected chi connectivity index (χ0v) is 6.66. The van der Waals surface area contributed by atoms with Gasteiger partial charge in [0.2, 0.25) is 0 Å². The molecule has 0 saturated carbocycles. The van der Waals surface area contributed by atoms with Crippen LogP contribution in [0.2, 0.25) is 0 Å². The first-order valence-electron chi connectivity index (χ1n) is 3.86. The van der Waals surface area contributed by atoms with E-state index in [1.54, 1.807) is 6.20 Å². The molecular weight excluding hydrogens is 158 g/mol. The molecule has 0 bridgehead atoms. The lowest BCUT2D eigenvalue weighted by atomic mass is 10.1. The van der Waals surface area contributed by atoms with E-state index in [0.717, 1.165) is 18.5 Å². The Kier molecular flexibility index (Phi) is 3.25. The Hall–Kier alpha value is -1.39. The number of nitrogens with zero attached hydrogens (tertiary/aromatic N) is 2. The predicted octanol–water partition coefficient (Wildman–Crippen LogP) is 0.602. The Labute approximate surface area is 69.8 Å². The van der Waals surface area contributed by atoms with Crippen molar-refractivity contribution in [1.82, 2.24) is 15.4 Å². The molecular formula is C7H11N3O2. The molecule has 1 aromatic heterocycles. The second-order valence-corrected chi connectivity index (χ2v) is 2.57. The molecule has 0 radical (unpaired) electrons. The minimum atomic E-state index is -0.741. The van der Waals surface area contributed by atoms with Gasteiger partial charge in [0.15, 0.2) is 0 Å². The monoisotopic (exact) mass is 169 g/mol. The van der Waals surface area contributed by atoms with Gasteiger partial charge in [-0.2, -0.15) is 0 Å². The van der Waals surface area contributed by atoms with Gasteiger partial charge in [-0.15, -0.1) is 5.10 Å². The van der Waals surface area contributed by atoms with E-state index >= 15 is 0 Å². The first-order chi connectivity index (χ1) is 5.79. The summed E-state index contributed by atoms with van der Waals surface area (Å²) in [6, 6.07) is 0. The topological polar surface area (TPSA) is 78.9 Å². The molecule has 0 aliphatic heterocycles. The molecule has 0 unspecified atom stereocenters. The number of unbranched alkanes of at least 4 members (excludes halogenated alkanes) is 1. The fourth-order valence-electron chi connectivity index (χ4n) is 0.930. The summed E-state index contributed by atoms with van der Waals surface area (Å²) in [4.78, 5) is 10.1. The number of hydrogen-bond acceptors (Lipinski definition) is 3. The summed E-state index contributed by atoms with van der Waals surface area (Å²) < 4.78 is 0. The van der Waals surface area contributed by atoms with Crippen molar-refractivity contribution in [2.45, 2.75) is 25.7 Å². The third-order valence-corrected chi connectivity index (χ3v) is 1.54. The number of aromatic nitrogens is 3. The minimum absolute atomic E-state index is 0.234. The fourth-order valence-corrected chi connectivity index (χ4v) is 0.930. The van der Waals surface area contributed by atoms with Crippen LogP contribution in [-0.4, -0.2) is 26.5 Å². The number of rotatable bonds is 5. The number of aryl methyl sites for hydroxylation is 1. The van der Waals surface area contributed by atoms with Gasteiger partial charge in [-0.1, -0.05) is 5.21 Å². The first kappa shape index (κ1) is 8.70. The second-order valence-electron chi connectivity index (χ2n) is 2.57. The van der Waals surface area contributed by atoms with E-state index in [0.29, 0.717) is 6.42 Å². The lowest BCUT2D eigenvalue weighted by Crippen LogP contribution is -1.94. The Morgan fingerprint density at radius 1 is 1.58 bits per heavy atom. The van der Waals surface area contributed by atoms with E-state index in [9.17, 15) is 4.79 Å². The molecule has 0 aliphatic carbocycles. The Morgan fingerprint density at radius 2 is 2.42 bits per heavy atom. The third-order valence-electron chi connectivity index (χ3n) is 1.54. The van der Waals surface area contributed by atoms with Gasteiger partial charge in [-0.25, -0.2) is 0 Å². The second kappa shape index (κ2) is 4.48. The molecule has 0 spiro atoms. The van der Waals surface area contributed by atoms with Crippen molar-refractivity contribution in [3.63, 3.8) is 0 Å². The standard InChI is InChI=1S/C7H11N3O2/c11-7(12)4-2-1-3-6-5-8-10-9-6/h5H,1-4H2,(H,11,12)(H,8,9,10). The highest BCUT2D eigenvalue weighted by Gasteiger charge is 1.98. The van der Waals surface area contributed by atoms with E-state index < -0.39 is 5.97 Å². The van der Waals surface area contributed by atoms with E-state index in [1.807, 2.05) is 0 Å². The van der Waals surface area contributed by atoms with Crippen LogP contribution in [0.1, 0.15) is 25.0 Å². The number of carboxylic acids is 1. The highest BCUT2D eigenvalue weighted by Crippen LogP contribution is 2.01. The zero-order valence-electron chi connectivity index (χ0n) is 6.66. The molecule has 0 aliphatic rings. The SMILES string of the molecule is O=C(O)CCCCc1c[nH]nn1. The number of aromatic amines is 1. The normalized spacial score (nSPS) is 10.0. The van der Waals surface area contributed by atoms with Crippen molar-refractivity contribution in [2.24, 2.45) is 0 Å². The van der Waals surface area contributed by atoms with Crippen molar-refractivity contribution >= 4 is 5.97 Å². The highest BCUT2D eigenvalue weighted by molar-refractivity contribution is 5.66. The molecule has 1 rings (SSSR count). The van der Waals surface area contributed by atoms with Crippen LogP contribution in [0.3, 0.4) is 0 Å². The number of carbonyl (C=O) groups is 1. The lowest BCUT2D eigenvalue weighted by Gasteiger charge is -1.93. The van der Waals surface area contributed by atoms with Gasteiger partial charge in [-0.05, 0) is 19.3 Å². The molecule has 0 atom stereocenters. The summed E-state index contributed by atoms with van der Waals surface area (Å²) >= 11 is 0. The molecule has 1 aromatic rings. The average molecular weight is 169 g/mol. The number of hydrogen-bond donors (Lipinski definition) is 2. The summed E-state index contributed by atoms with van der Waals surface area (Å²) in [5, 5.41) is 18.3. The largest absolute Gasteiger partial charge is 0.481 e. The van der Waals surface area contributed by atoms with Crippen LogP contribution in [0.4, 0.5) is 0 Å². The highest BCUT2D eigenvalue weighted by atomic mass is 16.4.